The number of hydrogen-bond donors (Lipinski definition) is 2. The number of carboxylic acids is 1. The maximum Gasteiger partial charge on any atom is 0.337 e. The Hall–Kier alpha value is -3.18. The molecule has 0 amide bonds. The smallest absolute Gasteiger partial charge is 0.337 e. The van der Waals surface area contributed by atoms with Crippen LogP contribution in [0.25, 0.3) is 0 Å². The molecule has 150 valence electrons. The van der Waals surface area contributed by atoms with Crippen molar-refractivity contribution in [3.63, 3.8) is 0 Å². The number of rotatable bonds is 9. The van der Waals surface area contributed by atoms with Gasteiger partial charge in [-0.1, -0.05) is 54.1 Å². The van der Waals surface area contributed by atoms with Crippen LogP contribution in [-0.4, -0.2) is 17.7 Å². The fourth-order valence-electron chi connectivity index (χ4n) is 2.86. The number of halogens is 1. The second kappa shape index (κ2) is 9.85. The number of para-hydroxylation sites is 1. The van der Waals surface area contributed by atoms with Gasteiger partial charge in [0, 0.05) is 17.8 Å². The topological polar surface area (TPSA) is 67.8 Å². The van der Waals surface area contributed by atoms with E-state index in [2.05, 4.69) is 5.32 Å². The number of carbonyl (C=O) groups is 1. The van der Waals surface area contributed by atoms with Crippen molar-refractivity contribution in [2.24, 2.45) is 0 Å². The first-order valence-corrected chi connectivity index (χ1v) is 9.64. The second-order valence-corrected chi connectivity index (χ2v) is 6.71. The van der Waals surface area contributed by atoms with Crippen LogP contribution in [0.2, 0.25) is 5.02 Å². The Kier molecular flexibility index (Phi) is 6.98. The molecule has 0 atom stereocenters. The van der Waals surface area contributed by atoms with Gasteiger partial charge in [-0.25, -0.2) is 4.79 Å². The standard InChI is InChI=1S/C23H22ClNO4/c1-2-28-21-10-6-9-17(22(21)29-15-16-7-4-3-5-8-16)14-25-18-11-12-19(23(26)27)20(24)13-18/h3-13,25H,2,14-15H2,1H3,(H,26,27). The second-order valence-electron chi connectivity index (χ2n) is 6.31. The molecule has 0 spiro atoms. The van der Waals surface area contributed by atoms with Crippen molar-refractivity contribution in [1.29, 1.82) is 0 Å². The largest absolute Gasteiger partial charge is 0.490 e. The van der Waals surface area contributed by atoms with Gasteiger partial charge in [-0.05, 0) is 36.8 Å². The van der Waals surface area contributed by atoms with Gasteiger partial charge in [0.2, 0.25) is 0 Å². The van der Waals surface area contributed by atoms with E-state index in [9.17, 15) is 4.79 Å². The van der Waals surface area contributed by atoms with Crippen molar-refractivity contribution in [2.45, 2.75) is 20.1 Å². The number of hydrogen-bond acceptors (Lipinski definition) is 4. The lowest BCUT2D eigenvalue weighted by molar-refractivity contribution is 0.0697. The van der Waals surface area contributed by atoms with E-state index in [4.69, 9.17) is 26.2 Å². The Bertz CT molecular complexity index is 976. The number of ether oxygens (including phenoxy) is 2. The van der Waals surface area contributed by atoms with Gasteiger partial charge in [0.25, 0.3) is 0 Å². The molecular weight excluding hydrogens is 390 g/mol. The fraction of sp³-hybridized carbons (Fsp3) is 0.174. The van der Waals surface area contributed by atoms with Crippen molar-refractivity contribution < 1.29 is 19.4 Å². The van der Waals surface area contributed by atoms with Crippen LogP contribution in [0.1, 0.15) is 28.4 Å². The lowest BCUT2D eigenvalue weighted by Crippen LogP contribution is -2.06. The summed E-state index contributed by atoms with van der Waals surface area (Å²) in [7, 11) is 0. The number of anilines is 1. The summed E-state index contributed by atoms with van der Waals surface area (Å²) in [6.45, 7) is 3.35. The Morgan fingerprint density at radius 3 is 2.52 bits per heavy atom. The van der Waals surface area contributed by atoms with Crippen molar-refractivity contribution in [3.8, 4) is 11.5 Å². The fourth-order valence-corrected chi connectivity index (χ4v) is 3.12. The molecule has 5 nitrogen and oxygen atoms in total. The van der Waals surface area contributed by atoms with Crippen LogP contribution < -0.4 is 14.8 Å². The highest BCUT2D eigenvalue weighted by atomic mass is 35.5. The van der Waals surface area contributed by atoms with Crippen LogP contribution in [0.3, 0.4) is 0 Å². The molecule has 3 rings (SSSR count). The molecule has 0 aliphatic rings. The minimum Gasteiger partial charge on any atom is -0.490 e. The molecule has 0 saturated carbocycles. The predicted molar refractivity (Wildman–Crippen MR) is 114 cm³/mol. The van der Waals surface area contributed by atoms with Crippen LogP contribution in [0.5, 0.6) is 11.5 Å². The molecule has 0 radical (unpaired) electrons. The first-order valence-electron chi connectivity index (χ1n) is 9.26. The lowest BCUT2D eigenvalue weighted by Gasteiger charge is -2.17. The van der Waals surface area contributed by atoms with E-state index >= 15 is 0 Å². The highest BCUT2D eigenvalue weighted by Crippen LogP contribution is 2.33. The molecule has 0 bridgehead atoms. The zero-order valence-corrected chi connectivity index (χ0v) is 16.8. The molecule has 0 aromatic heterocycles. The van der Waals surface area contributed by atoms with E-state index in [0.717, 1.165) is 16.8 Å². The third-order valence-electron chi connectivity index (χ3n) is 4.27. The average Bonchev–Trinajstić information content (AvgIpc) is 2.72. The van der Waals surface area contributed by atoms with Gasteiger partial charge in [-0.2, -0.15) is 0 Å². The minimum absolute atomic E-state index is 0.0717. The SMILES string of the molecule is CCOc1cccc(CNc2ccc(C(=O)O)c(Cl)c2)c1OCc1ccccc1. The van der Waals surface area contributed by atoms with Crippen molar-refractivity contribution >= 4 is 23.3 Å². The zero-order valence-electron chi connectivity index (χ0n) is 16.0. The van der Waals surface area contributed by atoms with Crippen molar-refractivity contribution in [1.82, 2.24) is 0 Å². The Balaban J connectivity index is 1.78. The molecule has 3 aromatic rings. The first-order chi connectivity index (χ1) is 14.1. The quantitative estimate of drug-likeness (QED) is 0.477. The molecular formula is C23H22ClNO4. The van der Waals surface area contributed by atoms with E-state index in [1.807, 2.05) is 55.5 Å². The van der Waals surface area contributed by atoms with Gasteiger partial charge in [0.05, 0.1) is 17.2 Å². The Labute approximate surface area is 174 Å². The first kappa shape index (κ1) is 20.6. The van der Waals surface area contributed by atoms with Gasteiger partial charge in [0.15, 0.2) is 11.5 Å². The molecule has 0 aliphatic heterocycles. The van der Waals surface area contributed by atoms with Crippen LogP contribution in [-0.2, 0) is 13.2 Å². The third kappa shape index (κ3) is 5.42. The predicted octanol–water partition coefficient (Wildman–Crippen LogP) is 5.63. The van der Waals surface area contributed by atoms with Crippen LogP contribution in [0.4, 0.5) is 5.69 Å². The number of carboxylic acid groups (broad SMARTS) is 1. The number of benzene rings is 3. The van der Waals surface area contributed by atoms with E-state index in [1.54, 1.807) is 12.1 Å². The Morgan fingerprint density at radius 1 is 1.03 bits per heavy atom. The molecule has 6 heteroatoms. The summed E-state index contributed by atoms with van der Waals surface area (Å²) >= 11 is 6.06. The highest BCUT2D eigenvalue weighted by Gasteiger charge is 2.13. The summed E-state index contributed by atoms with van der Waals surface area (Å²) in [5.41, 5.74) is 2.78. The van der Waals surface area contributed by atoms with Gasteiger partial charge in [0.1, 0.15) is 6.61 Å². The van der Waals surface area contributed by atoms with Crippen molar-refractivity contribution in [3.05, 3.63) is 88.4 Å². The molecule has 2 N–H and O–H groups in total. The molecule has 0 unspecified atom stereocenters. The van der Waals surface area contributed by atoms with Crippen LogP contribution >= 0.6 is 11.6 Å². The highest BCUT2D eigenvalue weighted by molar-refractivity contribution is 6.33. The molecule has 0 aliphatic carbocycles. The molecule has 0 saturated heterocycles. The van der Waals surface area contributed by atoms with Gasteiger partial charge in [-0.15, -0.1) is 0 Å². The maximum atomic E-state index is 11.1. The summed E-state index contributed by atoms with van der Waals surface area (Å²) < 4.78 is 11.8. The van der Waals surface area contributed by atoms with Gasteiger partial charge in [-0.3, -0.25) is 0 Å². The number of nitrogens with one attached hydrogen (secondary N) is 1. The maximum absolute atomic E-state index is 11.1. The van der Waals surface area contributed by atoms with E-state index in [0.29, 0.717) is 31.3 Å². The minimum atomic E-state index is -1.05. The van der Waals surface area contributed by atoms with E-state index in [1.165, 1.54) is 6.07 Å². The van der Waals surface area contributed by atoms with Crippen molar-refractivity contribution in [2.75, 3.05) is 11.9 Å². The summed E-state index contributed by atoms with van der Waals surface area (Å²) in [4.78, 5) is 11.1. The molecule has 3 aromatic carbocycles. The van der Waals surface area contributed by atoms with Crippen LogP contribution in [0.15, 0.2) is 66.7 Å². The van der Waals surface area contributed by atoms with E-state index < -0.39 is 5.97 Å². The normalized spacial score (nSPS) is 10.4. The van der Waals surface area contributed by atoms with E-state index in [-0.39, 0.29) is 10.6 Å². The molecule has 29 heavy (non-hydrogen) atoms. The van der Waals surface area contributed by atoms with Gasteiger partial charge < -0.3 is 19.9 Å². The lowest BCUT2D eigenvalue weighted by atomic mass is 10.1. The number of aromatic carboxylic acids is 1. The van der Waals surface area contributed by atoms with Crippen LogP contribution in [0, 0.1) is 0 Å². The summed E-state index contributed by atoms with van der Waals surface area (Å²) in [5.74, 6) is 0.309. The average molecular weight is 412 g/mol. The summed E-state index contributed by atoms with van der Waals surface area (Å²) in [5, 5.41) is 12.5. The summed E-state index contributed by atoms with van der Waals surface area (Å²) in [6.07, 6.45) is 0. The monoisotopic (exact) mass is 411 g/mol. The third-order valence-corrected chi connectivity index (χ3v) is 4.58. The molecule has 0 heterocycles. The zero-order chi connectivity index (χ0) is 20.6. The molecule has 0 fully saturated rings. The Morgan fingerprint density at radius 2 is 1.83 bits per heavy atom. The summed E-state index contributed by atoms with van der Waals surface area (Å²) in [6, 6.07) is 20.5. The van der Waals surface area contributed by atoms with Gasteiger partial charge >= 0.3 is 5.97 Å².